The molecule has 0 fully saturated rings. The second kappa shape index (κ2) is 5.79. The van der Waals surface area contributed by atoms with Crippen LogP contribution < -0.4 is 10.5 Å². The molecule has 0 amide bonds. The molecule has 2 aromatic rings. The van der Waals surface area contributed by atoms with Crippen molar-refractivity contribution >= 4 is 21.8 Å². The number of nitrogens with one attached hydrogen (secondary N) is 1. The van der Waals surface area contributed by atoms with E-state index in [9.17, 15) is 4.39 Å². The van der Waals surface area contributed by atoms with Crippen molar-refractivity contribution in [2.75, 3.05) is 0 Å². The summed E-state index contributed by atoms with van der Waals surface area (Å²) in [6, 6.07) is 7.88. The molecule has 0 spiro atoms. The molecule has 0 saturated carbocycles. The summed E-state index contributed by atoms with van der Waals surface area (Å²) in [6.45, 7) is 0.293. The molecule has 0 bridgehead atoms. The Hall–Kier alpha value is -1.95. The smallest absolute Gasteiger partial charge is 0.141 e. The molecule has 98 valence electrons. The maximum atomic E-state index is 13.1. The second-order valence-corrected chi connectivity index (χ2v) is 4.68. The summed E-state index contributed by atoms with van der Waals surface area (Å²) in [5.41, 5.74) is 6.60. The minimum atomic E-state index is -0.338. The van der Waals surface area contributed by atoms with Crippen molar-refractivity contribution in [3.05, 3.63) is 58.1 Å². The lowest BCUT2D eigenvalue weighted by Gasteiger charge is -2.07. The Kier molecular flexibility index (Phi) is 4.11. The zero-order valence-electron chi connectivity index (χ0n) is 9.86. The molecule has 19 heavy (non-hydrogen) atoms. The number of rotatable bonds is 4. The standard InChI is InChI=1S/C13H11BrFN3O/c14-10-6-9(1-2-11(10)15)19-7-8-3-4-18-12(5-8)13(16)17/h1-6H,7H2,(H3,16,17). The zero-order chi connectivity index (χ0) is 13.8. The Morgan fingerprint density at radius 2 is 2.16 bits per heavy atom. The van der Waals surface area contributed by atoms with E-state index in [1.54, 1.807) is 30.5 Å². The fourth-order valence-electron chi connectivity index (χ4n) is 1.44. The number of benzene rings is 1. The molecule has 6 heteroatoms. The number of halogens is 2. The first-order valence-corrected chi connectivity index (χ1v) is 6.23. The van der Waals surface area contributed by atoms with Crippen LogP contribution in [-0.2, 0) is 6.61 Å². The van der Waals surface area contributed by atoms with Gasteiger partial charge in [0.05, 0.1) is 4.47 Å². The van der Waals surface area contributed by atoms with E-state index in [2.05, 4.69) is 20.9 Å². The van der Waals surface area contributed by atoms with Crippen molar-refractivity contribution in [2.45, 2.75) is 6.61 Å². The maximum absolute atomic E-state index is 13.1. The zero-order valence-corrected chi connectivity index (χ0v) is 11.4. The number of nitrogens with zero attached hydrogens (tertiary/aromatic N) is 1. The lowest BCUT2D eigenvalue weighted by atomic mass is 10.2. The summed E-state index contributed by atoms with van der Waals surface area (Å²) >= 11 is 3.09. The van der Waals surface area contributed by atoms with E-state index in [-0.39, 0.29) is 11.7 Å². The monoisotopic (exact) mass is 323 g/mol. The number of aromatic nitrogens is 1. The molecule has 3 N–H and O–H groups in total. The molecule has 0 aliphatic rings. The number of nitrogens with two attached hydrogens (primary N) is 1. The summed E-state index contributed by atoms with van der Waals surface area (Å²) in [7, 11) is 0. The lowest BCUT2D eigenvalue weighted by molar-refractivity contribution is 0.305. The Morgan fingerprint density at radius 1 is 1.37 bits per heavy atom. The van der Waals surface area contributed by atoms with Crippen molar-refractivity contribution in [3.8, 4) is 5.75 Å². The van der Waals surface area contributed by atoms with Crippen LogP contribution in [0.15, 0.2) is 41.0 Å². The molecule has 1 heterocycles. The Bertz CT molecular complexity index is 619. The van der Waals surface area contributed by atoms with Crippen LogP contribution in [0.1, 0.15) is 11.3 Å². The second-order valence-electron chi connectivity index (χ2n) is 3.83. The molecule has 0 aliphatic heterocycles. The molecule has 2 rings (SSSR count). The SMILES string of the molecule is N=C(N)c1cc(COc2ccc(F)c(Br)c2)ccn1. The van der Waals surface area contributed by atoms with Gasteiger partial charge in [0.15, 0.2) is 0 Å². The van der Waals surface area contributed by atoms with Gasteiger partial charge >= 0.3 is 0 Å². The summed E-state index contributed by atoms with van der Waals surface area (Å²) in [6.07, 6.45) is 1.57. The minimum Gasteiger partial charge on any atom is -0.489 e. The van der Waals surface area contributed by atoms with Gasteiger partial charge in [-0.05, 0) is 51.8 Å². The molecule has 0 saturated heterocycles. The fraction of sp³-hybridized carbons (Fsp3) is 0.0769. The molecule has 0 unspecified atom stereocenters. The van der Waals surface area contributed by atoms with Crippen molar-refractivity contribution in [3.63, 3.8) is 0 Å². The molecular weight excluding hydrogens is 313 g/mol. The summed E-state index contributed by atoms with van der Waals surface area (Å²) in [5, 5.41) is 7.31. The number of hydrogen-bond donors (Lipinski definition) is 2. The van der Waals surface area contributed by atoms with Gasteiger partial charge in [-0.25, -0.2) is 4.39 Å². The molecule has 0 aliphatic carbocycles. The van der Waals surface area contributed by atoms with Gasteiger partial charge in [0.1, 0.15) is 29.7 Å². The van der Waals surface area contributed by atoms with Crippen LogP contribution in [-0.4, -0.2) is 10.8 Å². The highest BCUT2D eigenvalue weighted by atomic mass is 79.9. The van der Waals surface area contributed by atoms with Crippen molar-refractivity contribution in [2.24, 2.45) is 5.73 Å². The third kappa shape index (κ3) is 3.51. The highest BCUT2D eigenvalue weighted by Crippen LogP contribution is 2.22. The van der Waals surface area contributed by atoms with Crippen LogP contribution in [0, 0.1) is 11.2 Å². The fourth-order valence-corrected chi connectivity index (χ4v) is 1.80. The van der Waals surface area contributed by atoms with E-state index >= 15 is 0 Å². The maximum Gasteiger partial charge on any atom is 0.141 e. The van der Waals surface area contributed by atoms with Crippen molar-refractivity contribution < 1.29 is 9.13 Å². The minimum absolute atomic E-state index is 0.0913. The summed E-state index contributed by atoms with van der Waals surface area (Å²) < 4.78 is 18.9. The number of amidine groups is 1. The van der Waals surface area contributed by atoms with Gasteiger partial charge in [0.25, 0.3) is 0 Å². The van der Waals surface area contributed by atoms with E-state index in [1.165, 1.54) is 6.07 Å². The number of pyridine rings is 1. The molecule has 0 atom stereocenters. The molecule has 1 aromatic heterocycles. The third-order valence-electron chi connectivity index (χ3n) is 2.40. The first-order valence-electron chi connectivity index (χ1n) is 5.43. The van der Waals surface area contributed by atoms with E-state index in [0.717, 1.165) is 5.56 Å². The number of hydrogen-bond acceptors (Lipinski definition) is 3. The van der Waals surface area contributed by atoms with Gasteiger partial charge in [-0.2, -0.15) is 0 Å². The normalized spacial score (nSPS) is 10.2. The van der Waals surface area contributed by atoms with E-state index in [1.807, 2.05) is 0 Å². The van der Waals surface area contributed by atoms with Crippen LogP contribution in [0.4, 0.5) is 4.39 Å². The Balaban J connectivity index is 2.07. The number of nitrogen functional groups attached to an aromatic ring is 1. The van der Waals surface area contributed by atoms with Crippen LogP contribution >= 0.6 is 15.9 Å². The van der Waals surface area contributed by atoms with Gasteiger partial charge < -0.3 is 10.5 Å². The topological polar surface area (TPSA) is 72.0 Å². The van der Waals surface area contributed by atoms with E-state index in [4.69, 9.17) is 15.9 Å². The van der Waals surface area contributed by atoms with Crippen molar-refractivity contribution in [1.82, 2.24) is 4.98 Å². The predicted octanol–water partition coefficient (Wildman–Crippen LogP) is 2.85. The molecule has 0 radical (unpaired) electrons. The Morgan fingerprint density at radius 3 is 2.84 bits per heavy atom. The van der Waals surface area contributed by atoms with Crippen LogP contribution in [0.5, 0.6) is 5.75 Å². The molecule has 4 nitrogen and oxygen atoms in total. The van der Waals surface area contributed by atoms with Crippen LogP contribution in [0.25, 0.3) is 0 Å². The molecule has 1 aromatic carbocycles. The molecular formula is C13H11BrFN3O. The predicted molar refractivity (Wildman–Crippen MR) is 73.7 cm³/mol. The summed E-state index contributed by atoms with van der Waals surface area (Å²) in [5.74, 6) is 0.121. The van der Waals surface area contributed by atoms with E-state index in [0.29, 0.717) is 22.5 Å². The largest absolute Gasteiger partial charge is 0.489 e. The van der Waals surface area contributed by atoms with Gasteiger partial charge in [-0.3, -0.25) is 10.4 Å². The number of ether oxygens (including phenoxy) is 1. The van der Waals surface area contributed by atoms with Crippen LogP contribution in [0.3, 0.4) is 0 Å². The van der Waals surface area contributed by atoms with Gasteiger partial charge in [-0.1, -0.05) is 0 Å². The highest BCUT2D eigenvalue weighted by molar-refractivity contribution is 9.10. The van der Waals surface area contributed by atoms with E-state index < -0.39 is 0 Å². The average Bonchev–Trinajstić information content (AvgIpc) is 2.40. The quantitative estimate of drug-likeness (QED) is 0.671. The first-order chi connectivity index (χ1) is 9.06. The van der Waals surface area contributed by atoms with Crippen molar-refractivity contribution in [1.29, 1.82) is 5.41 Å². The van der Waals surface area contributed by atoms with Gasteiger partial charge in [0, 0.05) is 6.20 Å². The summed E-state index contributed by atoms with van der Waals surface area (Å²) in [4.78, 5) is 3.96. The van der Waals surface area contributed by atoms with Gasteiger partial charge in [0.2, 0.25) is 0 Å². The van der Waals surface area contributed by atoms with Gasteiger partial charge in [-0.15, -0.1) is 0 Å². The Labute approximate surface area is 118 Å². The third-order valence-corrected chi connectivity index (χ3v) is 3.00. The lowest BCUT2D eigenvalue weighted by Crippen LogP contribution is -2.13. The first kappa shape index (κ1) is 13.5. The van der Waals surface area contributed by atoms with Crippen LogP contribution in [0.2, 0.25) is 0 Å². The highest BCUT2D eigenvalue weighted by Gasteiger charge is 2.03. The average molecular weight is 324 g/mol.